The second-order valence-corrected chi connectivity index (χ2v) is 11.0. The molecule has 0 aliphatic carbocycles. The van der Waals surface area contributed by atoms with E-state index >= 15 is 0 Å². The molecule has 0 heterocycles. The van der Waals surface area contributed by atoms with Crippen LogP contribution in [0.1, 0.15) is 39.0 Å². The molecule has 22 N–H and O–H groups in total. The summed E-state index contributed by atoms with van der Waals surface area (Å²) < 4.78 is 0. The Labute approximate surface area is 384 Å². The summed E-state index contributed by atoms with van der Waals surface area (Å²) in [4.78, 5) is 117. The molecule has 0 saturated heterocycles. The minimum absolute atomic E-state index is 0. The van der Waals surface area contributed by atoms with Crippen molar-refractivity contribution in [1.29, 1.82) is 0 Å². The Hall–Kier alpha value is -5.44. The topological polar surface area (TPSA) is 659 Å². The van der Waals surface area contributed by atoms with E-state index in [0.29, 0.717) is 0 Å². The predicted molar refractivity (Wildman–Crippen MR) is 189 cm³/mol. The van der Waals surface area contributed by atoms with Crippen molar-refractivity contribution in [3.05, 3.63) is 0 Å². The number of aliphatic hydroxyl groups excluding tert-OH is 11. The molecule has 374 valence electrons. The van der Waals surface area contributed by atoms with Gasteiger partial charge < -0.3 is 123 Å². The number of ketones is 1. The minimum atomic E-state index is -2.74. The Morgan fingerprint density at radius 3 is 1.11 bits per heavy atom. The molecule has 34 nitrogen and oxygen atoms in total. The van der Waals surface area contributed by atoms with Gasteiger partial charge in [-0.05, 0) is 6.92 Å². The van der Waals surface area contributed by atoms with E-state index in [1.54, 1.807) is 0 Å². The normalized spacial score (nSPS) is 13.3. The monoisotopic (exact) mass is 975 g/mol. The van der Waals surface area contributed by atoms with Crippen LogP contribution in [0.3, 0.4) is 0 Å². The van der Waals surface area contributed by atoms with Crippen molar-refractivity contribution in [3.8, 4) is 0 Å². The molecular weight excluding hydrogens is 925 g/mol. The van der Waals surface area contributed by atoms with Gasteiger partial charge in [-0.1, -0.05) is 0 Å². The maximum absolute atomic E-state index is 10.5. The van der Waals surface area contributed by atoms with E-state index in [9.17, 15) is 52.7 Å². The first-order valence-electron chi connectivity index (χ1n) is 16.1. The SMILES string of the molecule is CC(=O)[O-].NC(=O)C(=O)O.O=C(CO)[C@@H](O)[C@H](O)[C@H](O)CO.O=C(O)CC(O)(CC(=O)O)C(=O)O.O=C(O)CC(O)C(=O)O.O=C(O)CCC(=O)O.O=C[C@H](O)[C@@H](O)[C@H](O)[C@H](O)CO.[Na+]. The standard InChI is InChI=1S/C6H8O7.2C6H12O6.C4H6O5.C4H6O4.C2H3NO3.C2H4O2.Na/c7-3(8)1-6(13,5(11)12)2-4(9)10;2*7-1-3(9)5(11)6(12)4(10)2-8;5-2(4(8)9)1-3(6)7;5-3(6)1-2-4(7)8;3-1(4)2(5)6;1-2(3)4;/h13H,1-2H2,(H,7,8)(H,9,10)(H,11,12);3,5-9,11-12H,1-2H2;1,3-6,8-12H,2H2;2,5H,1H2,(H,6,7)(H,8,9);1-2H2,(H,5,6)(H,7,8);(H2,3,4)(H,5,6);1H3,(H,3,4);/q;;;;;;;+1/p-1/t;3-,5-,6-;3-,4+,5+,6+;;;;;/m.10...../s1. The molecule has 0 aromatic heterocycles. The van der Waals surface area contributed by atoms with Gasteiger partial charge in [0, 0.05) is 5.97 Å². The van der Waals surface area contributed by atoms with Crippen LogP contribution in [0.25, 0.3) is 0 Å². The number of rotatable bonds is 21. The molecule has 1 amide bonds. The van der Waals surface area contributed by atoms with E-state index in [1.165, 1.54) is 0 Å². The number of carbonyl (C=O) groups excluding carboxylic acids is 4. The molecule has 8 atom stereocenters. The Morgan fingerprint density at radius 2 is 0.923 bits per heavy atom. The molecule has 1 unspecified atom stereocenters. The molecule has 0 aromatic rings. The molecule has 35 heteroatoms. The van der Waals surface area contributed by atoms with Crippen LogP contribution < -0.4 is 40.4 Å². The summed E-state index contributed by atoms with van der Waals surface area (Å²) in [6.07, 6.45) is -17.5. The zero-order valence-electron chi connectivity index (χ0n) is 33.7. The van der Waals surface area contributed by atoms with Crippen LogP contribution in [-0.2, 0) is 57.5 Å². The summed E-state index contributed by atoms with van der Waals surface area (Å²) >= 11 is 0. The predicted octanol–water partition coefficient (Wildman–Crippen LogP) is -14.8. The maximum Gasteiger partial charge on any atom is 1.00 e. The number of carbonyl (C=O) groups is 12. The van der Waals surface area contributed by atoms with Gasteiger partial charge in [-0.15, -0.1) is 0 Å². The number of hydrogen-bond donors (Lipinski definition) is 21. The van der Waals surface area contributed by atoms with Crippen molar-refractivity contribution in [2.45, 2.75) is 93.5 Å². The molecule has 0 aromatic carbocycles. The van der Waals surface area contributed by atoms with E-state index in [-0.39, 0.29) is 48.7 Å². The fourth-order valence-electron chi connectivity index (χ4n) is 2.40. The number of nitrogens with two attached hydrogens (primary N) is 1. The summed E-state index contributed by atoms with van der Waals surface area (Å²) in [7, 11) is 0. The maximum atomic E-state index is 10.5. The van der Waals surface area contributed by atoms with Crippen molar-refractivity contribution in [2.75, 3.05) is 19.8 Å². The van der Waals surface area contributed by atoms with Gasteiger partial charge in [0.2, 0.25) is 0 Å². The van der Waals surface area contributed by atoms with Gasteiger partial charge in [0.25, 0.3) is 0 Å². The molecule has 0 radical (unpaired) electrons. The van der Waals surface area contributed by atoms with Crippen molar-refractivity contribution < 1.29 is 194 Å². The Morgan fingerprint density at radius 1 is 0.600 bits per heavy atom. The first-order chi connectivity index (χ1) is 28.9. The average molecular weight is 976 g/mol. The second kappa shape index (κ2) is 43.8. The third-order valence-corrected chi connectivity index (χ3v) is 5.51. The van der Waals surface area contributed by atoms with Crippen LogP contribution in [0.2, 0.25) is 0 Å². The quantitative estimate of drug-likeness (QED) is 0.0288. The summed E-state index contributed by atoms with van der Waals surface area (Å²) in [5.74, 6) is -15.0. The van der Waals surface area contributed by atoms with E-state index in [0.717, 1.165) is 6.92 Å². The van der Waals surface area contributed by atoms with Gasteiger partial charge in [-0.3, -0.25) is 33.6 Å². The van der Waals surface area contributed by atoms with Gasteiger partial charge in [0.15, 0.2) is 23.8 Å². The Kier molecular flexibility index (Phi) is 51.8. The zero-order valence-corrected chi connectivity index (χ0v) is 35.7. The van der Waals surface area contributed by atoms with Crippen LogP contribution in [0.4, 0.5) is 0 Å². The molecule has 0 aliphatic heterocycles. The number of Topliss-reactive ketones (excluding diaryl/α,β-unsaturated/α-hetero) is 1. The van der Waals surface area contributed by atoms with Crippen LogP contribution in [-0.4, -0.2) is 248 Å². The third-order valence-electron chi connectivity index (χ3n) is 5.51. The smallest absolute Gasteiger partial charge is 0.550 e. The Balaban J connectivity index is -0.0000000993. The van der Waals surface area contributed by atoms with Crippen LogP contribution in [0.5, 0.6) is 0 Å². The van der Waals surface area contributed by atoms with Crippen molar-refractivity contribution in [3.63, 3.8) is 0 Å². The molecule has 0 spiro atoms. The summed E-state index contributed by atoms with van der Waals surface area (Å²) in [5, 5.41) is 177. The molecule has 0 aliphatic rings. The second-order valence-electron chi connectivity index (χ2n) is 11.0. The van der Waals surface area contributed by atoms with Gasteiger partial charge in [-0.2, -0.15) is 0 Å². The molecule has 65 heavy (non-hydrogen) atoms. The largest absolute Gasteiger partial charge is 1.00 e. The molecule has 0 rings (SSSR count). The third kappa shape index (κ3) is 52.8. The molecule has 0 saturated carbocycles. The van der Waals surface area contributed by atoms with Crippen molar-refractivity contribution in [1.82, 2.24) is 0 Å². The van der Waals surface area contributed by atoms with Gasteiger partial charge in [0.1, 0.15) is 49.3 Å². The van der Waals surface area contributed by atoms with Gasteiger partial charge in [0.05, 0.1) is 45.3 Å². The fourth-order valence-corrected chi connectivity index (χ4v) is 2.40. The van der Waals surface area contributed by atoms with Crippen LogP contribution in [0.15, 0.2) is 0 Å². The number of primary amides is 1. The number of aldehydes is 1. The summed E-state index contributed by atoms with van der Waals surface area (Å²) in [5.41, 5.74) is 1.46. The van der Waals surface area contributed by atoms with Crippen molar-refractivity contribution in [2.24, 2.45) is 5.73 Å². The number of aliphatic carboxylic acids is 9. The molecular formula is C30H50NNaO33. The molecule has 0 bridgehead atoms. The van der Waals surface area contributed by atoms with Crippen LogP contribution >= 0.6 is 0 Å². The van der Waals surface area contributed by atoms with E-state index in [1.807, 2.05) is 0 Å². The fraction of sp³-hybridized carbons (Fsp3) is 0.600. The van der Waals surface area contributed by atoms with Gasteiger partial charge in [-0.25, -0.2) is 14.4 Å². The number of carboxylic acids is 9. The number of hydrogen-bond acceptors (Lipinski definition) is 25. The van der Waals surface area contributed by atoms with Crippen LogP contribution in [0, 0.1) is 0 Å². The zero-order chi connectivity index (χ0) is 52.8. The van der Waals surface area contributed by atoms with E-state index < -0.39 is 159 Å². The molecule has 0 fully saturated rings. The first kappa shape index (κ1) is 76.8. The minimum Gasteiger partial charge on any atom is -0.550 e. The Bertz CT molecular complexity index is 1430. The van der Waals surface area contributed by atoms with Gasteiger partial charge >= 0.3 is 83.2 Å². The number of aliphatic hydroxyl groups is 12. The first-order valence-corrected chi connectivity index (χ1v) is 16.1. The summed E-state index contributed by atoms with van der Waals surface area (Å²) in [6.45, 7) is -1.48. The van der Waals surface area contributed by atoms with E-state index in [2.05, 4.69) is 5.73 Å². The summed E-state index contributed by atoms with van der Waals surface area (Å²) in [6, 6.07) is 0. The average Bonchev–Trinajstić information content (AvgIpc) is 3.17. The number of carboxylic acid groups (broad SMARTS) is 9. The number of amides is 1. The van der Waals surface area contributed by atoms with Crippen molar-refractivity contribution >= 4 is 71.7 Å². The van der Waals surface area contributed by atoms with E-state index in [4.69, 9.17) is 112 Å².